The normalized spacial score (nSPS) is 8.79. The minimum Gasteiger partial charge on any atom is -0.494 e. The molecule has 0 unspecified atom stereocenters. The standard InChI is InChI=1S/C12H18O3.2C2H6/c1-4-15-12-6-10(8-13-2)5-11(7-12)9-14-3;2*1-2/h5-7H,4,8-9H2,1-3H3;2*1-2H3. The van der Waals surface area contributed by atoms with Crippen LogP contribution in [0.1, 0.15) is 45.7 Å². The van der Waals surface area contributed by atoms with Crippen LogP contribution in [0, 0.1) is 0 Å². The van der Waals surface area contributed by atoms with Crippen molar-refractivity contribution in [1.82, 2.24) is 0 Å². The van der Waals surface area contributed by atoms with Crippen LogP contribution in [-0.2, 0) is 22.7 Å². The first-order valence-electron chi connectivity index (χ1n) is 7.03. The molecule has 0 aliphatic carbocycles. The third-order valence-electron chi connectivity index (χ3n) is 1.96. The van der Waals surface area contributed by atoms with Crippen molar-refractivity contribution >= 4 is 0 Å². The molecule has 3 heteroatoms. The van der Waals surface area contributed by atoms with Gasteiger partial charge in [0.25, 0.3) is 0 Å². The first-order chi connectivity index (χ1) is 9.30. The van der Waals surface area contributed by atoms with Crippen molar-refractivity contribution in [2.45, 2.75) is 47.8 Å². The Bertz CT molecular complexity index is 238. The van der Waals surface area contributed by atoms with Crippen molar-refractivity contribution in [1.29, 1.82) is 0 Å². The maximum Gasteiger partial charge on any atom is 0.119 e. The molecule has 19 heavy (non-hydrogen) atoms. The summed E-state index contributed by atoms with van der Waals surface area (Å²) in [6.45, 7) is 11.8. The largest absolute Gasteiger partial charge is 0.494 e. The van der Waals surface area contributed by atoms with E-state index in [0.29, 0.717) is 19.8 Å². The molecule has 0 fully saturated rings. The van der Waals surface area contributed by atoms with Crippen LogP contribution < -0.4 is 4.74 Å². The second-order valence-corrected chi connectivity index (χ2v) is 3.28. The Labute approximate surface area is 118 Å². The summed E-state index contributed by atoms with van der Waals surface area (Å²) in [6, 6.07) is 6.05. The number of ether oxygens (including phenoxy) is 3. The van der Waals surface area contributed by atoms with E-state index in [9.17, 15) is 0 Å². The van der Waals surface area contributed by atoms with Crippen LogP contribution in [0.3, 0.4) is 0 Å². The summed E-state index contributed by atoms with van der Waals surface area (Å²) >= 11 is 0. The van der Waals surface area contributed by atoms with Crippen LogP contribution >= 0.6 is 0 Å². The van der Waals surface area contributed by atoms with E-state index in [1.54, 1.807) is 14.2 Å². The summed E-state index contributed by atoms with van der Waals surface area (Å²) in [6.07, 6.45) is 0. The highest BCUT2D eigenvalue weighted by molar-refractivity contribution is 5.34. The molecular weight excluding hydrogens is 240 g/mol. The van der Waals surface area contributed by atoms with E-state index in [2.05, 4.69) is 6.07 Å². The molecular formula is C16H30O3. The topological polar surface area (TPSA) is 27.7 Å². The summed E-state index contributed by atoms with van der Waals surface area (Å²) < 4.78 is 15.7. The van der Waals surface area contributed by atoms with E-state index < -0.39 is 0 Å². The lowest BCUT2D eigenvalue weighted by Gasteiger charge is -2.09. The van der Waals surface area contributed by atoms with Gasteiger partial charge < -0.3 is 14.2 Å². The average molecular weight is 270 g/mol. The summed E-state index contributed by atoms with van der Waals surface area (Å²) in [7, 11) is 3.37. The predicted octanol–water partition coefficient (Wildman–Crippen LogP) is 4.43. The van der Waals surface area contributed by atoms with Crippen molar-refractivity contribution in [2.75, 3.05) is 20.8 Å². The third kappa shape index (κ3) is 9.51. The molecule has 1 aromatic carbocycles. The maximum atomic E-state index is 5.47. The molecule has 0 bridgehead atoms. The van der Waals surface area contributed by atoms with Crippen molar-refractivity contribution in [3.05, 3.63) is 29.3 Å². The zero-order valence-corrected chi connectivity index (χ0v) is 13.6. The molecule has 0 aliphatic heterocycles. The van der Waals surface area contributed by atoms with E-state index in [0.717, 1.165) is 16.9 Å². The Morgan fingerprint density at radius 1 is 0.789 bits per heavy atom. The Hall–Kier alpha value is -1.06. The SMILES string of the molecule is CC.CC.CCOc1cc(COC)cc(COC)c1. The van der Waals surface area contributed by atoms with Gasteiger partial charge in [-0.3, -0.25) is 0 Å². The van der Waals surface area contributed by atoms with Gasteiger partial charge in [-0.15, -0.1) is 0 Å². The number of rotatable bonds is 6. The van der Waals surface area contributed by atoms with Crippen LogP contribution in [0.25, 0.3) is 0 Å². The van der Waals surface area contributed by atoms with Gasteiger partial charge in [-0.25, -0.2) is 0 Å². The minimum absolute atomic E-state index is 0.595. The zero-order valence-electron chi connectivity index (χ0n) is 13.6. The number of benzene rings is 1. The van der Waals surface area contributed by atoms with E-state index >= 15 is 0 Å². The Morgan fingerprint density at radius 3 is 1.53 bits per heavy atom. The van der Waals surface area contributed by atoms with E-state index in [4.69, 9.17) is 14.2 Å². The molecule has 1 aromatic rings. The summed E-state index contributed by atoms with van der Waals surface area (Å²) in [5.41, 5.74) is 2.21. The van der Waals surface area contributed by atoms with Gasteiger partial charge in [0, 0.05) is 14.2 Å². The predicted molar refractivity (Wildman–Crippen MR) is 81.7 cm³/mol. The fraction of sp³-hybridized carbons (Fsp3) is 0.625. The molecule has 1 rings (SSSR count). The molecule has 0 saturated carbocycles. The summed E-state index contributed by atoms with van der Waals surface area (Å²) in [5, 5.41) is 0. The lowest BCUT2D eigenvalue weighted by Crippen LogP contribution is -1.97. The fourth-order valence-corrected chi connectivity index (χ4v) is 1.48. The van der Waals surface area contributed by atoms with Crippen molar-refractivity contribution in [3.8, 4) is 5.75 Å². The van der Waals surface area contributed by atoms with Crippen molar-refractivity contribution < 1.29 is 14.2 Å². The molecule has 0 radical (unpaired) electrons. The van der Waals surface area contributed by atoms with Crippen LogP contribution in [0.2, 0.25) is 0 Å². The first kappa shape index (κ1) is 20.3. The molecule has 0 N–H and O–H groups in total. The number of hydrogen-bond donors (Lipinski definition) is 0. The molecule has 0 saturated heterocycles. The van der Waals surface area contributed by atoms with Crippen LogP contribution in [0.15, 0.2) is 18.2 Å². The summed E-state index contributed by atoms with van der Waals surface area (Å²) in [5.74, 6) is 0.874. The van der Waals surface area contributed by atoms with Crippen molar-refractivity contribution in [2.24, 2.45) is 0 Å². The molecule has 0 aliphatic rings. The molecule has 0 spiro atoms. The number of methoxy groups -OCH3 is 2. The lowest BCUT2D eigenvalue weighted by molar-refractivity contribution is 0.179. The van der Waals surface area contributed by atoms with E-state index in [1.807, 2.05) is 46.8 Å². The van der Waals surface area contributed by atoms with Gasteiger partial charge in [-0.05, 0) is 30.2 Å². The molecule has 3 nitrogen and oxygen atoms in total. The zero-order chi connectivity index (χ0) is 15.1. The fourth-order valence-electron chi connectivity index (χ4n) is 1.48. The maximum absolute atomic E-state index is 5.47. The van der Waals surface area contributed by atoms with Crippen LogP contribution in [-0.4, -0.2) is 20.8 Å². The van der Waals surface area contributed by atoms with Gasteiger partial charge in [0.1, 0.15) is 5.75 Å². The molecule has 0 atom stereocenters. The monoisotopic (exact) mass is 270 g/mol. The number of hydrogen-bond acceptors (Lipinski definition) is 3. The smallest absolute Gasteiger partial charge is 0.119 e. The van der Waals surface area contributed by atoms with Gasteiger partial charge in [0.2, 0.25) is 0 Å². The Morgan fingerprint density at radius 2 is 1.21 bits per heavy atom. The van der Waals surface area contributed by atoms with Gasteiger partial charge in [0.15, 0.2) is 0 Å². The molecule has 112 valence electrons. The highest BCUT2D eigenvalue weighted by Gasteiger charge is 2.01. The third-order valence-corrected chi connectivity index (χ3v) is 1.96. The Kier molecular flexibility index (Phi) is 16.0. The van der Waals surface area contributed by atoms with Crippen molar-refractivity contribution in [3.63, 3.8) is 0 Å². The summed E-state index contributed by atoms with van der Waals surface area (Å²) in [4.78, 5) is 0. The highest BCUT2D eigenvalue weighted by Crippen LogP contribution is 2.18. The van der Waals surface area contributed by atoms with E-state index in [-0.39, 0.29) is 0 Å². The highest BCUT2D eigenvalue weighted by atomic mass is 16.5. The van der Waals surface area contributed by atoms with Gasteiger partial charge in [0.05, 0.1) is 19.8 Å². The quantitative estimate of drug-likeness (QED) is 0.765. The second kappa shape index (κ2) is 15.0. The second-order valence-electron chi connectivity index (χ2n) is 3.28. The van der Waals surface area contributed by atoms with Gasteiger partial charge in [-0.2, -0.15) is 0 Å². The lowest BCUT2D eigenvalue weighted by atomic mass is 10.1. The first-order valence-corrected chi connectivity index (χ1v) is 7.03. The van der Waals surface area contributed by atoms with E-state index in [1.165, 1.54) is 0 Å². The molecule has 0 aromatic heterocycles. The molecule has 0 amide bonds. The van der Waals surface area contributed by atoms with Gasteiger partial charge >= 0.3 is 0 Å². The van der Waals surface area contributed by atoms with Crippen LogP contribution in [0.5, 0.6) is 5.75 Å². The van der Waals surface area contributed by atoms with Crippen LogP contribution in [0.4, 0.5) is 0 Å². The average Bonchev–Trinajstić information content (AvgIpc) is 2.44. The Balaban J connectivity index is 0. The minimum atomic E-state index is 0.595. The molecule has 0 heterocycles. The van der Waals surface area contributed by atoms with Gasteiger partial charge in [-0.1, -0.05) is 33.8 Å².